The lowest BCUT2D eigenvalue weighted by atomic mass is 10.1. The van der Waals surface area contributed by atoms with Crippen molar-refractivity contribution in [2.75, 3.05) is 25.5 Å². The van der Waals surface area contributed by atoms with E-state index in [9.17, 15) is 4.79 Å². The van der Waals surface area contributed by atoms with E-state index in [1.807, 2.05) is 45.0 Å². The number of methoxy groups -OCH3 is 1. The van der Waals surface area contributed by atoms with E-state index in [-0.39, 0.29) is 12.1 Å². The number of carbonyl (C=O) groups is 1. The predicted octanol–water partition coefficient (Wildman–Crippen LogP) is 3.66. The number of anilines is 1. The van der Waals surface area contributed by atoms with E-state index in [1.165, 1.54) is 0 Å². The molecule has 0 unspecified atom stereocenters. The van der Waals surface area contributed by atoms with Crippen LogP contribution < -0.4 is 10.1 Å². The maximum absolute atomic E-state index is 12.2. The van der Waals surface area contributed by atoms with Gasteiger partial charge in [0.05, 0.1) is 7.11 Å². The van der Waals surface area contributed by atoms with Gasteiger partial charge >= 0.3 is 6.09 Å². The zero-order chi connectivity index (χ0) is 18.0. The Labute approximate surface area is 148 Å². The smallest absolute Gasteiger partial charge is 0.410 e. The molecule has 0 saturated carbocycles. The van der Waals surface area contributed by atoms with Crippen LogP contribution in [0.5, 0.6) is 5.75 Å². The molecule has 1 amide bonds. The fourth-order valence-electron chi connectivity index (χ4n) is 3.03. The van der Waals surface area contributed by atoms with E-state index in [1.54, 1.807) is 18.2 Å². The van der Waals surface area contributed by atoms with Gasteiger partial charge in [-0.05, 0) is 51.5 Å². The number of fused-ring (bicyclic) bond motifs is 1. The number of aromatic nitrogens is 1. The van der Waals surface area contributed by atoms with Crippen LogP contribution in [0.25, 0.3) is 10.9 Å². The lowest BCUT2D eigenvalue weighted by Crippen LogP contribution is -2.36. The molecule has 0 aliphatic carbocycles. The lowest BCUT2D eigenvalue weighted by molar-refractivity contribution is 0.0293. The van der Waals surface area contributed by atoms with Crippen LogP contribution in [0.15, 0.2) is 30.5 Å². The highest BCUT2D eigenvalue weighted by molar-refractivity contribution is 5.95. The summed E-state index contributed by atoms with van der Waals surface area (Å²) in [4.78, 5) is 18.4. The third-order valence-electron chi connectivity index (χ3n) is 4.15. The molecular formula is C19H25N3O3. The van der Waals surface area contributed by atoms with Gasteiger partial charge in [0, 0.05) is 36.4 Å². The topological polar surface area (TPSA) is 63.7 Å². The molecule has 3 rings (SSSR count). The van der Waals surface area contributed by atoms with Gasteiger partial charge in [-0.15, -0.1) is 0 Å². The standard InChI is InChI=1S/C19H25N3O3/c1-19(2,3)25-18(23)22-11-9-13(12-22)21-15-7-8-16(24-4)17-14(15)6-5-10-20-17/h5-8,10,13,21H,9,11-12H2,1-4H3/t13-/m1/s1. The number of hydrogen-bond donors (Lipinski definition) is 1. The van der Waals surface area contributed by atoms with Crippen LogP contribution in [0.1, 0.15) is 27.2 Å². The van der Waals surface area contributed by atoms with Crippen molar-refractivity contribution >= 4 is 22.7 Å². The van der Waals surface area contributed by atoms with E-state index in [0.29, 0.717) is 13.1 Å². The van der Waals surface area contributed by atoms with Crippen molar-refractivity contribution in [2.24, 2.45) is 0 Å². The fourth-order valence-corrected chi connectivity index (χ4v) is 3.03. The Kier molecular flexibility index (Phi) is 4.70. The van der Waals surface area contributed by atoms with Gasteiger partial charge in [0.2, 0.25) is 0 Å². The Morgan fingerprint density at radius 3 is 2.84 bits per heavy atom. The van der Waals surface area contributed by atoms with Gasteiger partial charge in [0.15, 0.2) is 0 Å². The summed E-state index contributed by atoms with van der Waals surface area (Å²) in [6.45, 7) is 6.97. The molecule has 1 aromatic carbocycles. The molecule has 6 nitrogen and oxygen atoms in total. The number of hydrogen-bond acceptors (Lipinski definition) is 5. The molecule has 134 valence electrons. The molecule has 1 N–H and O–H groups in total. The van der Waals surface area contributed by atoms with Crippen LogP contribution in [0, 0.1) is 0 Å². The summed E-state index contributed by atoms with van der Waals surface area (Å²) < 4.78 is 10.8. The largest absolute Gasteiger partial charge is 0.494 e. The molecule has 1 fully saturated rings. The monoisotopic (exact) mass is 343 g/mol. The number of rotatable bonds is 3. The van der Waals surface area contributed by atoms with Gasteiger partial charge in [0.25, 0.3) is 0 Å². The predicted molar refractivity (Wildman–Crippen MR) is 98.1 cm³/mol. The molecule has 2 heterocycles. The van der Waals surface area contributed by atoms with Crippen LogP contribution in [-0.2, 0) is 4.74 Å². The van der Waals surface area contributed by atoms with Crippen LogP contribution in [0.3, 0.4) is 0 Å². The first-order chi connectivity index (χ1) is 11.9. The van der Waals surface area contributed by atoms with Crippen molar-refractivity contribution in [2.45, 2.75) is 38.8 Å². The van der Waals surface area contributed by atoms with Gasteiger partial charge in [-0.2, -0.15) is 0 Å². The minimum atomic E-state index is -0.472. The average molecular weight is 343 g/mol. The van der Waals surface area contributed by atoms with Crippen molar-refractivity contribution in [3.05, 3.63) is 30.5 Å². The van der Waals surface area contributed by atoms with Crippen LogP contribution in [0.4, 0.5) is 10.5 Å². The quantitative estimate of drug-likeness (QED) is 0.921. The summed E-state index contributed by atoms with van der Waals surface area (Å²) >= 11 is 0. The highest BCUT2D eigenvalue weighted by Gasteiger charge is 2.30. The number of nitrogens with zero attached hydrogens (tertiary/aromatic N) is 2. The van der Waals surface area contributed by atoms with Gasteiger partial charge in [-0.3, -0.25) is 4.98 Å². The Balaban J connectivity index is 1.72. The molecule has 0 bridgehead atoms. The first-order valence-electron chi connectivity index (χ1n) is 8.53. The molecule has 0 spiro atoms. The summed E-state index contributed by atoms with van der Waals surface area (Å²) in [6, 6.07) is 8.03. The summed E-state index contributed by atoms with van der Waals surface area (Å²) in [5.41, 5.74) is 1.36. The molecule has 25 heavy (non-hydrogen) atoms. The first kappa shape index (κ1) is 17.3. The number of nitrogens with one attached hydrogen (secondary N) is 1. The molecule has 1 atom stereocenters. The van der Waals surface area contributed by atoms with Crippen molar-refractivity contribution in [1.29, 1.82) is 0 Å². The molecule has 1 aliphatic rings. The number of ether oxygens (including phenoxy) is 2. The SMILES string of the molecule is COc1ccc(N[C@@H]2CCN(C(=O)OC(C)(C)C)C2)c2cccnc12. The molecule has 2 aromatic rings. The minimum absolute atomic E-state index is 0.185. The maximum Gasteiger partial charge on any atom is 0.410 e. The van der Waals surface area contributed by atoms with Gasteiger partial charge in [-0.25, -0.2) is 4.79 Å². The number of likely N-dealkylation sites (tertiary alicyclic amines) is 1. The minimum Gasteiger partial charge on any atom is -0.494 e. The number of amides is 1. The molecular weight excluding hydrogens is 318 g/mol. The molecule has 1 aliphatic heterocycles. The normalized spacial score (nSPS) is 17.6. The zero-order valence-corrected chi connectivity index (χ0v) is 15.2. The van der Waals surface area contributed by atoms with E-state index < -0.39 is 5.60 Å². The average Bonchev–Trinajstić information content (AvgIpc) is 3.02. The van der Waals surface area contributed by atoms with Crippen molar-refractivity contribution in [1.82, 2.24) is 9.88 Å². The van der Waals surface area contributed by atoms with E-state index >= 15 is 0 Å². The second-order valence-electron chi connectivity index (χ2n) is 7.27. The zero-order valence-electron chi connectivity index (χ0n) is 15.2. The van der Waals surface area contributed by atoms with Crippen molar-refractivity contribution in [3.8, 4) is 5.75 Å². The summed E-state index contributed by atoms with van der Waals surface area (Å²) in [7, 11) is 1.65. The summed E-state index contributed by atoms with van der Waals surface area (Å²) in [6.07, 6.45) is 2.39. The lowest BCUT2D eigenvalue weighted by Gasteiger charge is -2.24. The van der Waals surface area contributed by atoms with Gasteiger partial charge in [-0.1, -0.05) is 0 Å². The van der Waals surface area contributed by atoms with Gasteiger partial charge < -0.3 is 19.7 Å². The first-order valence-corrected chi connectivity index (χ1v) is 8.53. The Morgan fingerprint density at radius 1 is 1.32 bits per heavy atom. The van der Waals surface area contributed by atoms with Crippen LogP contribution >= 0.6 is 0 Å². The number of benzene rings is 1. The number of carbonyl (C=O) groups excluding carboxylic acids is 1. The second kappa shape index (κ2) is 6.78. The molecule has 6 heteroatoms. The molecule has 1 aromatic heterocycles. The maximum atomic E-state index is 12.2. The highest BCUT2D eigenvalue weighted by Crippen LogP contribution is 2.31. The van der Waals surface area contributed by atoms with Crippen molar-refractivity contribution < 1.29 is 14.3 Å². The highest BCUT2D eigenvalue weighted by atomic mass is 16.6. The Hall–Kier alpha value is -2.50. The Morgan fingerprint density at radius 2 is 2.12 bits per heavy atom. The van der Waals surface area contributed by atoms with E-state index in [2.05, 4.69) is 10.3 Å². The molecule has 0 radical (unpaired) electrons. The fraction of sp³-hybridized carbons (Fsp3) is 0.474. The van der Waals surface area contributed by atoms with Crippen molar-refractivity contribution in [3.63, 3.8) is 0 Å². The van der Waals surface area contributed by atoms with Crippen LogP contribution in [-0.4, -0.2) is 47.8 Å². The Bertz CT molecular complexity index is 770. The summed E-state index contributed by atoms with van der Waals surface area (Å²) in [5.74, 6) is 0.753. The second-order valence-corrected chi connectivity index (χ2v) is 7.27. The number of pyridine rings is 1. The molecule has 1 saturated heterocycles. The van der Waals surface area contributed by atoms with E-state index in [0.717, 1.165) is 28.8 Å². The van der Waals surface area contributed by atoms with E-state index in [4.69, 9.17) is 9.47 Å². The third-order valence-corrected chi connectivity index (χ3v) is 4.15. The third kappa shape index (κ3) is 3.95. The van der Waals surface area contributed by atoms with Gasteiger partial charge in [0.1, 0.15) is 16.9 Å². The summed E-state index contributed by atoms with van der Waals surface area (Å²) in [5, 5.41) is 4.55. The van der Waals surface area contributed by atoms with Crippen LogP contribution in [0.2, 0.25) is 0 Å².